The Morgan fingerprint density at radius 1 is 0.750 bits per heavy atom. The largest absolute Gasteiger partial charge is 0.394 e. The molecule has 5 aliphatic rings. The van der Waals surface area contributed by atoms with Gasteiger partial charge in [0.25, 0.3) is 0 Å². The molecule has 0 spiro atoms. The number of benzene rings is 2. The second-order valence-electron chi connectivity index (χ2n) is 11.5. The van der Waals surface area contributed by atoms with Gasteiger partial charge >= 0.3 is 0 Å². The van der Waals surface area contributed by atoms with Crippen molar-refractivity contribution in [2.24, 2.45) is 17.8 Å². The van der Waals surface area contributed by atoms with Crippen molar-refractivity contribution in [1.82, 2.24) is 0 Å². The zero-order valence-corrected chi connectivity index (χ0v) is 20.8. The summed E-state index contributed by atoms with van der Waals surface area (Å²) in [4.78, 5) is 0. The van der Waals surface area contributed by atoms with E-state index in [1.165, 1.54) is 19.3 Å². The molecule has 194 valence electrons. The first kappa shape index (κ1) is 24.5. The van der Waals surface area contributed by atoms with Crippen molar-refractivity contribution in [2.45, 2.75) is 88.0 Å². The molecule has 6 nitrogen and oxygen atoms in total. The molecule has 5 atom stereocenters. The minimum atomic E-state index is -1.03. The minimum Gasteiger partial charge on any atom is -0.394 e. The number of rotatable bonds is 9. The van der Waals surface area contributed by atoms with Gasteiger partial charge in [-0.15, -0.1) is 0 Å². The number of hydrogen-bond acceptors (Lipinski definition) is 6. The smallest absolute Gasteiger partial charge is 0.187 e. The molecule has 2 aromatic rings. The normalized spacial score (nSPS) is 39.4. The van der Waals surface area contributed by atoms with Gasteiger partial charge in [0.05, 0.1) is 25.4 Å². The van der Waals surface area contributed by atoms with Gasteiger partial charge in [-0.3, -0.25) is 0 Å². The van der Waals surface area contributed by atoms with Crippen molar-refractivity contribution in [1.29, 1.82) is 0 Å². The van der Waals surface area contributed by atoms with Crippen molar-refractivity contribution < 1.29 is 29.2 Å². The second kappa shape index (κ2) is 10.5. The lowest BCUT2D eigenvalue weighted by Gasteiger charge is -2.58. The van der Waals surface area contributed by atoms with Crippen LogP contribution in [0.3, 0.4) is 0 Å². The summed E-state index contributed by atoms with van der Waals surface area (Å²) in [5, 5.41) is 21.2. The minimum absolute atomic E-state index is 0.208. The van der Waals surface area contributed by atoms with Gasteiger partial charge in [0.1, 0.15) is 24.4 Å². The van der Waals surface area contributed by atoms with Crippen LogP contribution in [0.2, 0.25) is 0 Å². The first-order valence-electron chi connectivity index (χ1n) is 13.5. The van der Waals surface area contributed by atoms with E-state index >= 15 is 0 Å². The molecule has 0 amide bonds. The van der Waals surface area contributed by atoms with E-state index in [0.717, 1.165) is 48.1 Å². The van der Waals surface area contributed by atoms with Crippen molar-refractivity contribution in [3.05, 3.63) is 71.8 Å². The molecule has 36 heavy (non-hydrogen) atoms. The highest BCUT2D eigenvalue weighted by Crippen LogP contribution is 2.57. The Morgan fingerprint density at radius 3 is 1.75 bits per heavy atom. The maximum Gasteiger partial charge on any atom is 0.187 e. The maximum atomic E-state index is 11.2. The van der Waals surface area contributed by atoms with Crippen molar-refractivity contribution in [3.63, 3.8) is 0 Å². The van der Waals surface area contributed by atoms with Crippen LogP contribution in [0, 0.1) is 17.8 Å². The van der Waals surface area contributed by atoms with Crippen LogP contribution in [-0.2, 0) is 32.2 Å². The molecule has 5 fully saturated rings. The third kappa shape index (κ3) is 5.13. The molecule has 1 saturated heterocycles. The molecular formula is C30H38O6. The predicted octanol–water partition coefficient (Wildman–Crippen LogP) is 4.22. The van der Waals surface area contributed by atoms with Gasteiger partial charge in [0.2, 0.25) is 0 Å². The van der Waals surface area contributed by atoms with Gasteiger partial charge < -0.3 is 29.2 Å². The second-order valence-corrected chi connectivity index (χ2v) is 11.5. The summed E-state index contributed by atoms with van der Waals surface area (Å²) in [5.41, 5.74) is 1.84. The van der Waals surface area contributed by atoms with E-state index in [9.17, 15) is 10.2 Å². The van der Waals surface area contributed by atoms with Crippen LogP contribution < -0.4 is 0 Å². The van der Waals surface area contributed by atoms with E-state index < -0.39 is 30.7 Å². The average molecular weight is 495 g/mol. The fourth-order valence-electron chi connectivity index (χ4n) is 7.46. The Hall–Kier alpha value is -1.80. The third-order valence-electron chi connectivity index (χ3n) is 8.72. The highest BCUT2D eigenvalue weighted by atomic mass is 16.7. The van der Waals surface area contributed by atoms with E-state index in [1.54, 1.807) is 0 Å². The maximum absolute atomic E-state index is 11.2. The summed E-state index contributed by atoms with van der Waals surface area (Å²) < 4.78 is 25.9. The van der Waals surface area contributed by atoms with Gasteiger partial charge in [-0.25, -0.2) is 0 Å². The predicted molar refractivity (Wildman–Crippen MR) is 134 cm³/mol. The molecule has 0 aromatic heterocycles. The molecule has 0 radical (unpaired) electrons. The van der Waals surface area contributed by atoms with E-state index in [2.05, 4.69) is 0 Å². The van der Waals surface area contributed by atoms with Crippen LogP contribution in [0.25, 0.3) is 0 Å². The lowest BCUT2D eigenvalue weighted by atomic mass is 9.54. The Kier molecular flexibility index (Phi) is 7.17. The van der Waals surface area contributed by atoms with Crippen LogP contribution in [0.4, 0.5) is 0 Å². The number of hydrogen-bond donors (Lipinski definition) is 2. The summed E-state index contributed by atoms with van der Waals surface area (Å²) in [7, 11) is 0. The van der Waals surface area contributed by atoms with Crippen molar-refractivity contribution >= 4 is 0 Å². The molecule has 1 aliphatic heterocycles. The number of ether oxygens (including phenoxy) is 4. The molecule has 7 rings (SSSR count). The molecule has 4 aliphatic carbocycles. The molecule has 2 unspecified atom stereocenters. The highest BCUT2D eigenvalue weighted by molar-refractivity contribution is 5.15. The summed E-state index contributed by atoms with van der Waals surface area (Å²) in [5.74, 6) is 2.19. The van der Waals surface area contributed by atoms with Crippen LogP contribution in [0.15, 0.2) is 60.7 Å². The van der Waals surface area contributed by atoms with Gasteiger partial charge in [-0.05, 0) is 67.4 Å². The fraction of sp³-hybridized carbons (Fsp3) is 0.600. The summed E-state index contributed by atoms with van der Waals surface area (Å²) >= 11 is 0. The third-order valence-corrected chi connectivity index (χ3v) is 8.72. The van der Waals surface area contributed by atoms with Gasteiger partial charge in [0, 0.05) is 0 Å². The monoisotopic (exact) mass is 494 g/mol. The van der Waals surface area contributed by atoms with Crippen molar-refractivity contribution in [3.8, 4) is 0 Å². The van der Waals surface area contributed by atoms with E-state index in [4.69, 9.17) is 18.9 Å². The Balaban J connectivity index is 1.25. The molecule has 4 bridgehead atoms. The first-order valence-corrected chi connectivity index (χ1v) is 13.5. The molecular weight excluding hydrogens is 456 g/mol. The highest BCUT2D eigenvalue weighted by Gasteiger charge is 2.56. The molecule has 2 N–H and O–H groups in total. The zero-order chi connectivity index (χ0) is 24.5. The van der Waals surface area contributed by atoms with Gasteiger partial charge in [-0.2, -0.15) is 0 Å². The Labute approximate surface area is 213 Å². The van der Waals surface area contributed by atoms with E-state index in [-0.39, 0.29) is 12.2 Å². The summed E-state index contributed by atoms with van der Waals surface area (Å²) in [6.45, 7) is 0.381. The standard InChI is InChI=1S/C30H38O6/c31-17-25-26(32)27(33-18-20-7-3-1-4-8-20)28(34-19-21-9-5-2-6-10-21)29(35-25)36-30-14-22-11-23(15-30)13-24(12-22)16-30/h1-10,22-29,31-32H,11-19H2/t22?,23?,24?,25?,26-,27+,28?,29+,30?/m1/s1. The quantitative estimate of drug-likeness (QED) is 0.544. The van der Waals surface area contributed by atoms with Gasteiger partial charge in [0.15, 0.2) is 6.29 Å². The van der Waals surface area contributed by atoms with Gasteiger partial charge in [-0.1, -0.05) is 60.7 Å². The summed E-state index contributed by atoms with van der Waals surface area (Å²) in [6, 6.07) is 19.9. The fourth-order valence-corrected chi connectivity index (χ4v) is 7.46. The molecule has 4 saturated carbocycles. The Bertz CT molecular complexity index is 946. The average Bonchev–Trinajstić information content (AvgIpc) is 2.88. The van der Waals surface area contributed by atoms with Crippen molar-refractivity contribution in [2.75, 3.05) is 6.61 Å². The van der Waals surface area contributed by atoms with Crippen LogP contribution in [-0.4, -0.2) is 53.1 Å². The Morgan fingerprint density at radius 2 is 1.25 bits per heavy atom. The van der Waals surface area contributed by atoms with Crippen LogP contribution >= 0.6 is 0 Å². The lowest BCUT2D eigenvalue weighted by molar-refractivity contribution is -0.354. The van der Waals surface area contributed by atoms with Crippen LogP contribution in [0.1, 0.15) is 49.7 Å². The lowest BCUT2D eigenvalue weighted by Crippen LogP contribution is -2.63. The molecule has 1 heterocycles. The SMILES string of the molecule is OCC1O[C@@H](OC23CC4CC(CC(C4)C2)C3)C(OCc2ccccc2)[C@@H](OCc2ccccc2)[C@@H]1O. The first-order chi connectivity index (χ1) is 17.6. The van der Waals surface area contributed by atoms with E-state index in [1.807, 2.05) is 60.7 Å². The number of aliphatic hydroxyl groups is 2. The van der Waals surface area contributed by atoms with E-state index in [0.29, 0.717) is 13.2 Å². The van der Waals surface area contributed by atoms with Crippen LogP contribution in [0.5, 0.6) is 0 Å². The molecule has 6 heteroatoms. The topological polar surface area (TPSA) is 77.4 Å². The number of aliphatic hydroxyl groups excluding tert-OH is 2. The summed E-state index contributed by atoms with van der Waals surface area (Å²) in [6.07, 6.45) is 3.29. The molecule has 2 aromatic carbocycles. The zero-order valence-electron chi connectivity index (χ0n) is 20.8.